The summed E-state index contributed by atoms with van der Waals surface area (Å²) in [5.74, 6) is 6.03. The highest BCUT2D eigenvalue weighted by molar-refractivity contribution is 4.92. The van der Waals surface area contributed by atoms with Gasteiger partial charge in [0.25, 0.3) is 0 Å². The van der Waals surface area contributed by atoms with Crippen LogP contribution in [0.4, 0.5) is 0 Å². The Bertz CT molecular complexity index is 173. The molecule has 1 atom stereocenters. The van der Waals surface area contributed by atoms with Crippen molar-refractivity contribution in [3.8, 4) is 0 Å². The molecule has 0 radical (unpaired) electrons. The fourth-order valence-electron chi connectivity index (χ4n) is 3.23. The lowest BCUT2D eigenvalue weighted by atomic mass is 9.70. The van der Waals surface area contributed by atoms with E-state index in [1.54, 1.807) is 0 Å². The summed E-state index contributed by atoms with van der Waals surface area (Å²) in [5, 5.41) is 2.10. The van der Waals surface area contributed by atoms with Crippen LogP contribution < -0.4 is 5.84 Å². The zero-order chi connectivity index (χ0) is 9.31. The molecule has 1 aliphatic carbocycles. The first kappa shape index (κ1) is 9.47. The minimum absolute atomic E-state index is 0.531. The lowest BCUT2D eigenvalue weighted by Crippen LogP contribution is -2.47. The van der Waals surface area contributed by atoms with Gasteiger partial charge in [-0.25, -0.2) is 5.01 Å². The van der Waals surface area contributed by atoms with Crippen LogP contribution in [0.1, 0.15) is 51.9 Å². The highest BCUT2D eigenvalue weighted by atomic mass is 15.4. The van der Waals surface area contributed by atoms with Gasteiger partial charge >= 0.3 is 0 Å². The van der Waals surface area contributed by atoms with Gasteiger partial charge in [-0.1, -0.05) is 26.2 Å². The van der Waals surface area contributed by atoms with Crippen LogP contribution in [0.5, 0.6) is 0 Å². The Morgan fingerprint density at radius 3 is 2.38 bits per heavy atom. The van der Waals surface area contributed by atoms with E-state index in [4.69, 9.17) is 5.84 Å². The van der Waals surface area contributed by atoms with Crippen LogP contribution in [0, 0.1) is 5.41 Å². The smallest absolute Gasteiger partial charge is 0.0295 e. The molecule has 0 aromatic rings. The van der Waals surface area contributed by atoms with Gasteiger partial charge < -0.3 is 0 Å². The number of hydrogen-bond acceptors (Lipinski definition) is 2. The third-order valence-corrected chi connectivity index (χ3v) is 4.09. The molecule has 2 heteroatoms. The zero-order valence-electron chi connectivity index (χ0n) is 8.76. The van der Waals surface area contributed by atoms with Crippen LogP contribution in [-0.4, -0.2) is 17.6 Å². The van der Waals surface area contributed by atoms with Crippen molar-refractivity contribution in [1.29, 1.82) is 0 Å². The molecular weight excluding hydrogens is 160 g/mol. The molecule has 0 bridgehead atoms. The Morgan fingerprint density at radius 1 is 1.15 bits per heavy atom. The van der Waals surface area contributed by atoms with Crippen LogP contribution in [0.15, 0.2) is 0 Å². The van der Waals surface area contributed by atoms with Crippen LogP contribution in [0.25, 0.3) is 0 Å². The van der Waals surface area contributed by atoms with Gasteiger partial charge in [0, 0.05) is 12.6 Å². The first-order valence-corrected chi connectivity index (χ1v) is 5.74. The number of nitrogens with two attached hydrogens (primary N) is 1. The van der Waals surface area contributed by atoms with Crippen molar-refractivity contribution in [3.63, 3.8) is 0 Å². The van der Waals surface area contributed by atoms with Crippen molar-refractivity contribution in [3.05, 3.63) is 0 Å². The first-order chi connectivity index (χ1) is 6.22. The third kappa shape index (κ3) is 1.75. The fourth-order valence-corrected chi connectivity index (χ4v) is 3.23. The van der Waals surface area contributed by atoms with Gasteiger partial charge in [-0.2, -0.15) is 0 Å². The Balaban J connectivity index is 2.03. The van der Waals surface area contributed by atoms with Gasteiger partial charge in [0.2, 0.25) is 0 Å². The van der Waals surface area contributed by atoms with Gasteiger partial charge in [-0.15, -0.1) is 0 Å². The van der Waals surface area contributed by atoms with Gasteiger partial charge in [-0.3, -0.25) is 5.84 Å². The second-order valence-corrected chi connectivity index (χ2v) is 5.11. The first-order valence-electron chi connectivity index (χ1n) is 5.74. The summed E-state index contributed by atoms with van der Waals surface area (Å²) in [7, 11) is 0. The highest BCUT2D eigenvalue weighted by Crippen LogP contribution is 2.43. The van der Waals surface area contributed by atoms with E-state index in [0.29, 0.717) is 11.5 Å². The molecule has 1 unspecified atom stereocenters. The maximum atomic E-state index is 6.03. The molecule has 1 aliphatic heterocycles. The molecule has 1 saturated carbocycles. The number of hydrazine groups is 1. The Kier molecular flexibility index (Phi) is 2.61. The van der Waals surface area contributed by atoms with Crippen LogP contribution in [0.2, 0.25) is 0 Å². The van der Waals surface area contributed by atoms with E-state index in [9.17, 15) is 0 Å². The lowest BCUT2D eigenvalue weighted by Gasteiger charge is -2.41. The Morgan fingerprint density at radius 2 is 1.85 bits per heavy atom. The molecule has 2 rings (SSSR count). The predicted octanol–water partition coefficient (Wildman–Crippen LogP) is 2.29. The largest absolute Gasteiger partial charge is 0.269 e. The molecule has 1 heterocycles. The van der Waals surface area contributed by atoms with Crippen molar-refractivity contribution < 1.29 is 0 Å². The molecule has 0 amide bonds. The van der Waals surface area contributed by atoms with E-state index >= 15 is 0 Å². The average Bonchev–Trinajstić information content (AvgIpc) is 2.53. The van der Waals surface area contributed by atoms with Gasteiger partial charge in [0.15, 0.2) is 0 Å². The van der Waals surface area contributed by atoms with Crippen molar-refractivity contribution >= 4 is 0 Å². The molecule has 1 saturated heterocycles. The van der Waals surface area contributed by atoms with Crippen LogP contribution in [-0.2, 0) is 0 Å². The molecule has 13 heavy (non-hydrogen) atoms. The van der Waals surface area contributed by atoms with Crippen molar-refractivity contribution in [2.45, 2.75) is 57.9 Å². The summed E-state index contributed by atoms with van der Waals surface area (Å²) in [6.07, 6.45) is 9.69. The molecule has 0 aromatic heterocycles. The summed E-state index contributed by atoms with van der Waals surface area (Å²) in [5.41, 5.74) is 0.531. The predicted molar refractivity (Wildman–Crippen MR) is 55.1 cm³/mol. The highest BCUT2D eigenvalue weighted by Gasteiger charge is 2.39. The number of nitrogens with zero attached hydrogens (tertiary/aromatic N) is 1. The normalized spacial score (nSPS) is 35.1. The molecule has 2 nitrogen and oxygen atoms in total. The molecule has 2 N–H and O–H groups in total. The van der Waals surface area contributed by atoms with Gasteiger partial charge in [0.05, 0.1) is 0 Å². The maximum Gasteiger partial charge on any atom is 0.0295 e. The molecular formula is C11H22N2. The quantitative estimate of drug-likeness (QED) is 0.630. The maximum absolute atomic E-state index is 6.03. The van der Waals surface area contributed by atoms with E-state index in [1.807, 2.05) is 0 Å². The number of hydrogen-bond donors (Lipinski definition) is 1. The summed E-state index contributed by atoms with van der Waals surface area (Å²) < 4.78 is 0. The Labute approximate surface area is 81.4 Å². The van der Waals surface area contributed by atoms with E-state index < -0.39 is 0 Å². The van der Waals surface area contributed by atoms with Gasteiger partial charge in [0.1, 0.15) is 0 Å². The van der Waals surface area contributed by atoms with Crippen molar-refractivity contribution in [2.24, 2.45) is 11.3 Å². The van der Waals surface area contributed by atoms with E-state index in [1.165, 1.54) is 44.9 Å². The minimum Gasteiger partial charge on any atom is -0.269 e. The molecule has 76 valence electrons. The molecule has 2 aliphatic rings. The Hall–Kier alpha value is -0.0800. The third-order valence-electron chi connectivity index (χ3n) is 4.09. The second-order valence-electron chi connectivity index (χ2n) is 5.11. The van der Waals surface area contributed by atoms with Crippen molar-refractivity contribution in [1.82, 2.24) is 5.01 Å². The fraction of sp³-hybridized carbons (Fsp3) is 1.00. The average molecular weight is 182 g/mol. The van der Waals surface area contributed by atoms with Crippen molar-refractivity contribution in [2.75, 3.05) is 6.54 Å². The summed E-state index contributed by atoms with van der Waals surface area (Å²) in [6, 6.07) is 0.674. The van der Waals surface area contributed by atoms with E-state index in [2.05, 4.69) is 11.9 Å². The lowest BCUT2D eigenvalue weighted by molar-refractivity contribution is 0.0727. The summed E-state index contributed by atoms with van der Waals surface area (Å²) in [6.45, 7) is 3.56. The minimum atomic E-state index is 0.531. The van der Waals surface area contributed by atoms with Crippen LogP contribution in [0.3, 0.4) is 0 Å². The van der Waals surface area contributed by atoms with E-state index in [-0.39, 0.29) is 0 Å². The topological polar surface area (TPSA) is 29.3 Å². The standard InChI is InChI=1S/C11H22N2/c1-11(7-3-2-4-8-11)10-6-5-9-13(10)12/h10H,2-9,12H2,1H3. The SMILES string of the molecule is CC1(C2CCCN2N)CCCCC1. The molecule has 2 fully saturated rings. The second kappa shape index (κ2) is 3.58. The van der Waals surface area contributed by atoms with E-state index in [0.717, 1.165) is 6.54 Å². The molecule has 0 spiro atoms. The molecule has 0 aromatic carbocycles. The monoisotopic (exact) mass is 182 g/mol. The van der Waals surface area contributed by atoms with Crippen LogP contribution >= 0.6 is 0 Å². The summed E-state index contributed by atoms with van der Waals surface area (Å²) in [4.78, 5) is 0. The van der Waals surface area contributed by atoms with Gasteiger partial charge in [-0.05, 0) is 31.1 Å². The number of rotatable bonds is 1. The zero-order valence-corrected chi connectivity index (χ0v) is 8.76. The summed E-state index contributed by atoms with van der Waals surface area (Å²) >= 11 is 0.